The number of halogens is 1. The maximum absolute atomic E-state index is 13.1. The molecule has 7 heteroatoms. The first-order valence-electron chi connectivity index (χ1n) is 8.11. The topological polar surface area (TPSA) is 71.8 Å². The van der Waals surface area contributed by atoms with E-state index < -0.39 is 12.0 Å². The molecule has 1 aliphatic rings. The second-order valence-electron chi connectivity index (χ2n) is 5.98. The summed E-state index contributed by atoms with van der Waals surface area (Å²) in [4.78, 5) is 17.3. The molecule has 1 aliphatic heterocycles. The molecule has 2 N–H and O–H groups in total. The van der Waals surface area contributed by atoms with Gasteiger partial charge in [-0.15, -0.1) is 0 Å². The van der Waals surface area contributed by atoms with Gasteiger partial charge in [0.2, 0.25) is 11.9 Å². The summed E-state index contributed by atoms with van der Waals surface area (Å²) in [6, 6.07) is 16.3. The Kier molecular flexibility index (Phi) is 4.18. The van der Waals surface area contributed by atoms with Crippen LogP contribution < -0.4 is 10.6 Å². The second kappa shape index (κ2) is 6.65. The minimum atomic E-state index is -0.607. The lowest BCUT2D eigenvalue weighted by Gasteiger charge is -2.34. The number of hydrogen-bond donors (Lipinski definition) is 2. The first kappa shape index (κ1) is 16.4. The van der Waals surface area contributed by atoms with E-state index in [2.05, 4.69) is 27.3 Å². The van der Waals surface area contributed by atoms with E-state index in [-0.39, 0.29) is 5.91 Å². The van der Waals surface area contributed by atoms with Crippen molar-refractivity contribution in [2.24, 2.45) is 5.92 Å². The van der Waals surface area contributed by atoms with Crippen LogP contribution in [0.3, 0.4) is 0 Å². The van der Waals surface area contributed by atoms with Crippen molar-refractivity contribution in [2.75, 3.05) is 10.6 Å². The summed E-state index contributed by atoms with van der Waals surface area (Å²) in [6.45, 7) is 4.05. The monoisotopic (exact) mass is 365 g/mol. The van der Waals surface area contributed by atoms with Gasteiger partial charge in [0.05, 0.1) is 6.04 Å². The molecule has 3 aromatic rings. The summed E-state index contributed by atoms with van der Waals surface area (Å²) in [5.74, 6) is -0.271. The molecule has 0 bridgehead atoms. The van der Waals surface area contributed by atoms with E-state index in [4.69, 9.17) is 11.6 Å². The van der Waals surface area contributed by atoms with Crippen molar-refractivity contribution in [2.45, 2.75) is 6.04 Å². The van der Waals surface area contributed by atoms with E-state index in [1.54, 1.807) is 10.7 Å². The first-order valence-corrected chi connectivity index (χ1v) is 8.48. The molecule has 2 heterocycles. The van der Waals surface area contributed by atoms with Crippen LogP contribution in [0.4, 0.5) is 11.6 Å². The minimum Gasteiger partial charge on any atom is -0.328 e. The SMILES string of the molecule is C=C1Nc2ncnn2C(c2ccccc2Cl)C1C(=O)Nc1ccccc1. The largest absolute Gasteiger partial charge is 0.328 e. The molecule has 2 aromatic carbocycles. The van der Waals surface area contributed by atoms with E-state index in [0.29, 0.717) is 22.4 Å². The third-order valence-corrected chi connectivity index (χ3v) is 4.69. The molecule has 0 fully saturated rings. The molecular weight excluding hydrogens is 350 g/mol. The van der Waals surface area contributed by atoms with E-state index in [0.717, 1.165) is 5.56 Å². The second-order valence-corrected chi connectivity index (χ2v) is 6.38. The number of rotatable bonds is 3. The summed E-state index contributed by atoms with van der Waals surface area (Å²) in [6.07, 6.45) is 1.44. The minimum absolute atomic E-state index is 0.195. The van der Waals surface area contributed by atoms with Crippen molar-refractivity contribution < 1.29 is 4.79 Å². The van der Waals surface area contributed by atoms with Crippen LogP contribution in [0.2, 0.25) is 5.02 Å². The fourth-order valence-electron chi connectivity index (χ4n) is 3.17. The van der Waals surface area contributed by atoms with Gasteiger partial charge in [-0.3, -0.25) is 4.79 Å². The number of para-hydroxylation sites is 1. The smallest absolute Gasteiger partial charge is 0.235 e. The Hall–Kier alpha value is -3.12. The molecule has 4 rings (SSSR count). The Morgan fingerprint density at radius 1 is 1.15 bits per heavy atom. The fraction of sp³-hybridized carbons (Fsp3) is 0.105. The summed E-state index contributed by atoms with van der Waals surface area (Å²) in [5, 5.41) is 10.9. The molecule has 6 nitrogen and oxygen atoms in total. The van der Waals surface area contributed by atoms with Crippen LogP contribution >= 0.6 is 11.6 Å². The fourth-order valence-corrected chi connectivity index (χ4v) is 3.41. The van der Waals surface area contributed by atoms with Crippen molar-refractivity contribution in [1.82, 2.24) is 14.8 Å². The van der Waals surface area contributed by atoms with Crippen LogP contribution in [0, 0.1) is 5.92 Å². The quantitative estimate of drug-likeness (QED) is 0.742. The van der Waals surface area contributed by atoms with Gasteiger partial charge in [0.25, 0.3) is 0 Å². The maximum Gasteiger partial charge on any atom is 0.235 e. The Labute approximate surface area is 155 Å². The molecule has 0 aliphatic carbocycles. The maximum atomic E-state index is 13.1. The highest BCUT2D eigenvalue weighted by atomic mass is 35.5. The standard InChI is InChI=1S/C19H16ClN5O/c1-12-16(18(26)24-13-7-3-2-4-8-13)17(14-9-5-6-10-15(14)20)25-19(23-12)21-11-22-25/h2-11,16-17H,1H2,(H,24,26)(H,21,22,23). The molecule has 0 spiro atoms. The van der Waals surface area contributed by atoms with E-state index in [1.165, 1.54) is 6.33 Å². The van der Waals surface area contributed by atoms with Crippen molar-refractivity contribution in [3.63, 3.8) is 0 Å². The summed E-state index contributed by atoms with van der Waals surface area (Å²) < 4.78 is 1.67. The van der Waals surface area contributed by atoms with Crippen LogP contribution in [0.15, 0.2) is 73.2 Å². The number of aromatic nitrogens is 3. The highest BCUT2D eigenvalue weighted by Crippen LogP contribution is 2.40. The molecule has 130 valence electrons. The molecule has 1 amide bonds. The number of carbonyl (C=O) groups excluding carboxylic acids is 1. The Balaban J connectivity index is 1.77. The zero-order valence-electron chi connectivity index (χ0n) is 13.8. The molecule has 2 atom stereocenters. The molecule has 2 unspecified atom stereocenters. The third-order valence-electron chi connectivity index (χ3n) is 4.35. The van der Waals surface area contributed by atoms with Gasteiger partial charge >= 0.3 is 0 Å². The average Bonchev–Trinajstić information content (AvgIpc) is 3.10. The molecule has 0 saturated heterocycles. The van der Waals surface area contributed by atoms with Crippen LogP contribution in [0.1, 0.15) is 11.6 Å². The lowest BCUT2D eigenvalue weighted by Crippen LogP contribution is -2.39. The van der Waals surface area contributed by atoms with Gasteiger partial charge in [0, 0.05) is 16.4 Å². The lowest BCUT2D eigenvalue weighted by molar-refractivity contribution is -0.119. The number of nitrogens with one attached hydrogen (secondary N) is 2. The van der Waals surface area contributed by atoms with Crippen LogP contribution in [-0.4, -0.2) is 20.7 Å². The normalized spacial score (nSPS) is 18.7. The van der Waals surface area contributed by atoms with E-state index in [1.807, 2.05) is 48.5 Å². The first-order chi connectivity index (χ1) is 12.6. The number of amides is 1. The van der Waals surface area contributed by atoms with Crippen molar-refractivity contribution in [3.05, 3.63) is 83.8 Å². The zero-order chi connectivity index (χ0) is 18.1. The van der Waals surface area contributed by atoms with E-state index >= 15 is 0 Å². The predicted molar refractivity (Wildman–Crippen MR) is 101 cm³/mol. The van der Waals surface area contributed by atoms with Gasteiger partial charge in [0.15, 0.2) is 0 Å². The summed E-state index contributed by atoms with van der Waals surface area (Å²) in [7, 11) is 0. The van der Waals surface area contributed by atoms with Crippen molar-refractivity contribution in [3.8, 4) is 0 Å². The zero-order valence-corrected chi connectivity index (χ0v) is 14.5. The third kappa shape index (κ3) is 2.84. The average molecular weight is 366 g/mol. The van der Waals surface area contributed by atoms with Crippen LogP contribution in [0.25, 0.3) is 0 Å². The summed E-state index contributed by atoms with van der Waals surface area (Å²) >= 11 is 6.43. The molecule has 0 saturated carbocycles. The van der Waals surface area contributed by atoms with Crippen molar-refractivity contribution >= 4 is 29.1 Å². The van der Waals surface area contributed by atoms with Gasteiger partial charge in [0.1, 0.15) is 12.2 Å². The van der Waals surface area contributed by atoms with Crippen LogP contribution in [-0.2, 0) is 4.79 Å². The molecule has 0 radical (unpaired) electrons. The molecule has 26 heavy (non-hydrogen) atoms. The number of nitrogens with zero attached hydrogens (tertiary/aromatic N) is 3. The number of benzene rings is 2. The highest BCUT2D eigenvalue weighted by molar-refractivity contribution is 6.31. The molecular formula is C19H16ClN5O. The number of hydrogen-bond acceptors (Lipinski definition) is 4. The summed E-state index contributed by atoms with van der Waals surface area (Å²) in [5.41, 5.74) is 2.05. The Morgan fingerprint density at radius 2 is 1.88 bits per heavy atom. The number of carbonyl (C=O) groups is 1. The van der Waals surface area contributed by atoms with Gasteiger partial charge in [-0.25, -0.2) is 4.68 Å². The number of fused-ring (bicyclic) bond motifs is 1. The van der Waals surface area contributed by atoms with Gasteiger partial charge in [-0.05, 0) is 23.8 Å². The highest BCUT2D eigenvalue weighted by Gasteiger charge is 2.40. The van der Waals surface area contributed by atoms with Gasteiger partial charge in [-0.2, -0.15) is 10.1 Å². The molecule has 1 aromatic heterocycles. The van der Waals surface area contributed by atoms with Crippen molar-refractivity contribution in [1.29, 1.82) is 0 Å². The van der Waals surface area contributed by atoms with Crippen LogP contribution in [0.5, 0.6) is 0 Å². The number of anilines is 2. The lowest BCUT2D eigenvalue weighted by atomic mass is 9.88. The Morgan fingerprint density at radius 3 is 2.65 bits per heavy atom. The predicted octanol–water partition coefficient (Wildman–Crippen LogP) is 3.72. The van der Waals surface area contributed by atoms with Gasteiger partial charge < -0.3 is 10.6 Å². The Bertz CT molecular complexity index is 969. The van der Waals surface area contributed by atoms with E-state index in [9.17, 15) is 4.79 Å². The van der Waals surface area contributed by atoms with Gasteiger partial charge in [-0.1, -0.05) is 54.6 Å².